The Balaban J connectivity index is 2.13. The van der Waals surface area contributed by atoms with Crippen LogP contribution < -0.4 is 20.7 Å². The van der Waals surface area contributed by atoms with Gasteiger partial charge in [0.2, 0.25) is 10.0 Å². The molecule has 33 heavy (non-hydrogen) atoms. The summed E-state index contributed by atoms with van der Waals surface area (Å²) in [6.45, 7) is 6.03. The first kappa shape index (κ1) is 23.8. The first-order valence-electron chi connectivity index (χ1n) is 9.88. The first-order valence-corrected chi connectivity index (χ1v) is 11.8. The second-order valence-electron chi connectivity index (χ2n) is 8.36. The molecule has 0 fully saturated rings. The van der Waals surface area contributed by atoms with Crippen LogP contribution in [0, 0.1) is 11.8 Å². The number of nitrogens with one attached hydrogen (secondary N) is 2. The van der Waals surface area contributed by atoms with E-state index in [0.29, 0.717) is 28.4 Å². The summed E-state index contributed by atoms with van der Waals surface area (Å²) in [5.41, 5.74) is 1.23. The van der Waals surface area contributed by atoms with E-state index in [4.69, 9.17) is 4.74 Å². The quantitative estimate of drug-likeness (QED) is 0.565. The number of H-pyrrole nitrogens is 1. The van der Waals surface area contributed by atoms with Crippen molar-refractivity contribution in [1.29, 1.82) is 0 Å². The standard InChI is InChI=1S/C23H24N4O5S/c1-23(2,3)19-13-18(27-11-10-20(28)25-22(27)29)12-15(21(19)32-4)6-7-16-8-9-17(14-24-16)26-33(5,30)31/h8-14,26H,1-5H3,(H,25,28,29). The van der Waals surface area contributed by atoms with E-state index in [-0.39, 0.29) is 5.41 Å². The molecule has 3 aromatic rings. The molecule has 2 aromatic heterocycles. The number of pyridine rings is 1. The fourth-order valence-electron chi connectivity index (χ4n) is 3.12. The molecule has 172 valence electrons. The summed E-state index contributed by atoms with van der Waals surface area (Å²) in [5.74, 6) is 6.54. The van der Waals surface area contributed by atoms with Crippen molar-refractivity contribution in [2.75, 3.05) is 18.1 Å². The number of benzene rings is 1. The second-order valence-corrected chi connectivity index (χ2v) is 10.1. The summed E-state index contributed by atoms with van der Waals surface area (Å²) < 4.78 is 32.0. The third kappa shape index (κ3) is 5.90. The molecular formula is C23H24N4O5S. The smallest absolute Gasteiger partial charge is 0.332 e. The Hall–Kier alpha value is -3.84. The third-order valence-corrected chi connectivity index (χ3v) is 5.19. The number of anilines is 1. The lowest BCUT2D eigenvalue weighted by molar-refractivity contribution is 0.396. The van der Waals surface area contributed by atoms with E-state index in [1.54, 1.807) is 25.3 Å². The van der Waals surface area contributed by atoms with Gasteiger partial charge >= 0.3 is 5.69 Å². The SMILES string of the molecule is COc1c(C#Cc2ccc(NS(C)(=O)=O)cn2)cc(-n2ccc(=O)[nH]c2=O)cc1C(C)(C)C. The number of methoxy groups -OCH3 is 1. The first-order chi connectivity index (χ1) is 15.4. The van der Waals surface area contributed by atoms with E-state index in [1.807, 2.05) is 26.8 Å². The van der Waals surface area contributed by atoms with Crippen LogP contribution in [0.4, 0.5) is 5.69 Å². The molecule has 10 heteroatoms. The number of rotatable bonds is 4. The van der Waals surface area contributed by atoms with Crippen LogP contribution in [0.5, 0.6) is 5.75 Å². The highest BCUT2D eigenvalue weighted by atomic mass is 32.2. The average Bonchev–Trinajstić information content (AvgIpc) is 2.71. The highest BCUT2D eigenvalue weighted by Gasteiger charge is 2.23. The number of aromatic nitrogens is 3. The maximum Gasteiger partial charge on any atom is 0.332 e. The van der Waals surface area contributed by atoms with E-state index >= 15 is 0 Å². The minimum Gasteiger partial charge on any atom is -0.495 e. The van der Waals surface area contributed by atoms with Crippen molar-refractivity contribution in [3.63, 3.8) is 0 Å². The van der Waals surface area contributed by atoms with E-state index in [9.17, 15) is 18.0 Å². The Morgan fingerprint density at radius 2 is 1.85 bits per heavy atom. The molecule has 0 bridgehead atoms. The normalized spacial score (nSPS) is 11.4. The molecule has 0 saturated heterocycles. The monoisotopic (exact) mass is 468 g/mol. The molecule has 2 N–H and O–H groups in total. The molecule has 1 aromatic carbocycles. The van der Waals surface area contributed by atoms with E-state index in [0.717, 1.165) is 11.8 Å². The average molecular weight is 469 g/mol. The highest BCUT2D eigenvalue weighted by Crippen LogP contribution is 2.35. The van der Waals surface area contributed by atoms with E-state index in [1.165, 1.54) is 23.0 Å². The highest BCUT2D eigenvalue weighted by molar-refractivity contribution is 7.92. The fourth-order valence-corrected chi connectivity index (χ4v) is 3.67. The molecule has 0 saturated carbocycles. The predicted octanol–water partition coefficient (Wildman–Crippen LogP) is 2.00. The molecule has 0 amide bonds. The predicted molar refractivity (Wildman–Crippen MR) is 127 cm³/mol. The van der Waals surface area contributed by atoms with Crippen molar-refractivity contribution in [1.82, 2.24) is 14.5 Å². The lowest BCUT2D eigenvalue weighted by atomic mass is 9.84. The Labute approximate surface area is 191 Å². The third-order valence-electron chi connectivity index (χ3n) is 4.58. The van der Waals surface area contributed by atoms with Gasteiger partial charge in [-0.05, 0) is 35.6 Å². The Kier molecular flexibility index (Phi) is 6.46. The number of sulfonamides is 1. The number of ether oxygens (including phenoxy) is 1. The van der Waals surface area contributed by atoms with Crippen molar-refractivity contribution >= 4 is 15.7 Å². The van der Waals surface area contributed by atoms with E-state index < -0.39 is 21.3 Å². The molecule has 0 atom stereocenters. The minimum absolute atomic E-state index is 0.329. The van der Waals surface area contributed by atoms with Crippen LogP contribution in [0.1, 0.15) is 37.6 Å². The van der Waals surface area contributed by atoms with Gasteiger partial charge in [-0.2, -0.15) is 0 Å². The molecule has 2 heterocycles. The summed E-state index contributed by atoms with van der Waals surface area (Å²) in [4.78, 5) is 30.3. The summed E-state index contributed by atoms with van der Waals surface area (Å²) in [6.07, 6.45) is 3.83. The van der Waals surface area contributed by atoms with Crippen molar-refractivity contribution in [2.45, 2.75) is 26.2 Å². The molecule has 3 rings (SSSR count). The van der Waals surface area contributed by atoms with Gasteiger partial charge in [0.25, 0.3) is 5.56 Å². The van der Waals surface area contributed by atoms with Gasteiger partial charge in [0.05, 0.1) is 36.5 Å². The topological polar surface area (TPSA) is 123 Å². The number of hydrogen-bond donors (Lipinski definition) is 2. The zero-order chi connectivity index (χ0) is 24.4. The van der Waals surface area contributed by atoms with Crippen LogP contribution in [-0.2, 0) is 15.4 Å². The van der Waals surface area contributed by atoms with Crippen molar-refractivity contribution < 1.29 is 13.2 Å². The van der Waals surface area contributed by atoms with Gasteiger partial charge < -0.3 is 4.74 Å². The number of hydrogen-bond acceptors (Lipinski definition) is 6. The molecule has 0 aliphatic rings. The Bertz CT molecular complexity index is 1470. The van der Waals surface area contributed by atoms with Gasteiger partial charge in [-0.25, -0.2) is 18.2 Å². The van der Waals surface area contributed by atoms with Crippen molar-refractivity contribution in [3.8, 4) is 23.3 Å². The van der Waals surface area contributed by atoms with Gasteiger partial charge in [0, 0.05) is 17.8 Å². The van der Waals surface area contributed by atoms with Crippen molar-refractivity contribution in [2.24, 2.45) is 0 Å². The summed E-state index contributed by atoms with van der Waals surface area (Å²) in [5, 5.41) is 0. The Morgan fingerprint density at radius 3 is 2.39 bits per heavy atom. The number of nitrogens with zero attached hydrogens (tertiary/aromatic N) is 2. The molecule has 0 unspecified atom stereocenters. The molecule has 0 radical (unpaired) electrons. The van der Waals surface area contributed by atoms with Crippen LogP contribution in [-0.4, -0.2) is 36.3 Å². The lowest BCUT2D eigenvalue weighted by Crippen LogP contribution is -2.28. The molecular weight excluding hydrogens is 444 g/mol. The molecule has 0 aliphatic carbocycles. The van der Waals surface area contributed by atoms with Crippen LogP contribution >= 0.6 is 0 Å². The molecule has 9 nitrogen and oxygen atoms in total. The molecule has 0 spiro atoms. The van der Waals surface area contributed by atoms with Gasteiger partial charge in [0.15, 0.2) is 0 Å². The maximum atomic E-state index is 12.4. The van der Waals surface area contributed by atoms with Gasteiger partial charge in [-0.15, -0.1) is 0 Å². The maximum absolute atomic E-state index is 12.4. The molecule has 0 aliphatic heterocycles. The van der Waals surface area contributed by atoms with Crippen LogP contribution in [0.15, 0.2) is 52.3 Å². The Morgan fingerprint density at radius 1 is 1.12 bits per heavy atom. The minimum atomic E-state index is -3.40. The fraction of sp³-hybridized carbons (Fsp3) is 0.261. The van der Waals surface area contributed by atoms with Crippen LogP contribution in [0.25, 0.3) is 5.69 Å². The van der Waals surface area contributed by atoms with Gasteiger partial charge in [0.1, 0.15) is 11.4 Å². The summed E-state index contributed by atoms with van der Waals surface area (Å²) in [7, 11) is -1.86. The van der Waals surface area contributed by atoms with Crippen molar-refractivity contribution in [3.05, 3.63) is 80.4 Å². The van der Waals surface area contributed by atoms with Crippen LogP contribution in [0.2, 0.25) is 0 Å². The van der Waals surface area contributed by atoms with Crippen LogP contribution in [0.3, 0.4) is 0 Å². The van der Waals surface area contributed by atoms with Gasteiger partial charge in [-0.3, -0.25) is 19.1 Å². The zero-order valence-corrected chi connectivity index (χ0v) is 19.7. The van der Waals surface area contributed by atoms with E-state index in [2.05, 4.69) is 26.5 Å². The number of aromatic amines is 1. The summed E-state index contributed by atoms with van der Waals surface area (Å²) in [6, 6.07) is 7.94. The summed E-state index contributed by atoms with van der Waals surface area (Å²) >= 11 is 0. The second kappa shape index (κ2) is 8.96. The lowest BCUT2D eigenvalue weighted by Gasteiger charge is -2.24. The largest absolute Gasteiger partial charge is 0.495 e. The zero-order valence-electron chi connectivity index (χ0n) is 18.9. The van der Waals surface area contributed by atoms with Gasteiger partial charge in [-0.1, -0.05) is 26.7 Å².